The van der Waals surface area contributed by atoms with Gasteiger partial charge >= 0.3 is 12.3 Å². The summed E-state index contributed by atoms with van der Waals surface area (Å²) in [5, 5.41) is 9.15. The lowest BCUT2D eigenvalue weighted by Crippen LogP contribution is -2.17. The summed E-state index contributed by atoms with van der Waals surface area (Å²) >= 11 is 5.75. The van der Waals surface area contributed by atoms with Crippen LogP contribution in [0.5, 0.6) is 5.75 Å². The van der Waals surface area contributed by atoms with Crippen LogP contribution in [0.4, 0.5) is 13.2 Å². The zero-order valence-electron chi connectivity index (χ0n) is 13.3. The van der Waals surface area contributed by atoms with E-state index in [0.29, 0.717) is 22.3 Å². The number of nitrogens with zero attached hydrogens (tertiary/aromatic N) is 2. The minimum atomic E-state index is -4.85. The van der Waals surface area contributed by atoms with E-state index in [-0.39, 0.29) is 17.0 Å². The molecule has 5 nitrogen and oxygen atoms in total. The Morgan fingerprint density at radius 3 is 2.69 bits per heavy atom. The first-order chi connectivity index (χ1) is 12.2. The quantitative estimate of drug-likeness (QED) is 0.723. The van der Waals surface area contributed by atoms with Crippen molar-refractivity contribution in [1.82, 2.24) is 9.55 Å². The predicted molar refractivity (Wildman–Crippen MR) is 88.6 cm³/mol. The topological polar surface area (TPSA) is 64.4 Å². The Morgan fingerprint density at radius 2 is 2.04 bits per heavy atom. The fourth-order valence-electron chi connectivity index (χ4n) is 2.74. The predicted octanol–water partition coefficient (Wildman–Crippen LogP) is 4.41. The first-order valence-corrected chi connectivity index (χ1v) is 7.74. The molecule has 136 valence electrons. The van der Waals surface area contributed by atoms with Crippen LogP contribution in [0.1, 0.15) is 21.6 Å². The van der Waals surface area contributed by atoms with E-state index in [9.17, 15) is 23.1 Å². The molecule has 2 heterocycles. The fourth-order valence-corrected chi connectivity index (χ4v) is 2.89. The highest BCUT2D eigenvalue weighted by Crippen LogP contribution is 2.32. The molecule has 0 spiro atoms. The molecule has 26 heavy (non-hydrogen) atoms. The number of rotatable bonds is 4. The first-order valence-electron chi connectivity index (χ1n) is 7.36. The summed E-state index contributed by atoms with van der Waals surface area (Å²) in [5.74, 6) is -1.57. The largest absolute Gasteiger partial charge is 0.573 e. The molecule has 0 saturated carbocycles. The number of hydrogen-bond acceptors (Lipinski definition) is 3. The highest BCUT2D eigenvalue weighted by atomic mass is 35.5. The molecule has 0 amide bonds. The number of hydrogen-bond donors (Lipinski definition) is 1. The smallest absolute Gasteiger partial charge is 0.478 e. The van der Waals surface area contributed by atoms with Gasteiger partial charge in [-0.1, -0.05) is 17.7 Å². The van der Waals surface area contributed by atoms with E-state index in [4.69, 9.17) is 11.6 Å². The van der Waals surface area contributed by atoms with Crippen molar-refractivity contribution in [3.63, 3.8) is 0 Å². The summed E-state index contributed by atoms with van der Waals surface area (Å²) in [6.07, 6.45) is -3.20. The van der Waals surface area contributed by atoms with Crippen molar-refractivity contribution in [2.24, 2.45) is 7.05 Å². The zero-order chi connectivity index (χ0) is 19.1. The number of carboxylic acids is 1. The van der Waals surface area contributed by atoms with Crippen LogP contribution >= 0.6 is 11.6 Å². The molecule has 3 aromatic rings. The Hall–Kier alpha value is -2.74. The van der Waals surface area contributed by atoms with Crippen LogP contribution in [-0.2, 0) is 13.5 Å². The Bertz CT molecular complexity index is 999. The van der Waals surface area contributed by atoms with Gasteiger partial charge in [0.25, 0.3) is 0 Å². The number of benzene rings is 1. The molecule has 0 fully saturated rings. The summed E-state index contributed by atoms with van der Waals surface area (Å²) in [4.78, 5) is 15.5. The third kappa shape index (κ3) is 3.60. The molecule has 0 atom stereocenters. The molecule has 0 aliphatic rings. The van der Waals surface area contributed by atoms with Crippen molar-refractivity contribution in [1.29, 1.82) is 0 Å². The maximum Gasteiger partial charge on any atom is 0.573 e. The molecule has 3 rings (SSSR count). The average molecular weight is 385 g/mol. The summed E-state index contributed by atoms with van der Waals surface area (Å²) in [6, 6.07) is 7.20. The van der Waals surface area contributed by atoms with Gasteiger partial charge < -0.3 is 14.4 Å². The number of fused-ring (bicyclic) bond motifs is 1. The first kappa shape index (κ1) is 18.1. The van der Waals surface area contributed by atoms with Crippen molar-refractivity contribution in [3.05, 3.63) is 58.4 Å². The van der Waals surface area contributed by atoms with Crippen LogP contribution in [0, 0.1) is 0 Å². The van der Waals surface area contributed by atoms with Gasteiger partial charge in [0.15, 0.2) is 0 Å². The SMILES string of the molecule is Cn1c(Cc2ccc(Cl)c(OC(F)(F)F)c2)cc2nccc(C(=O)O)c21. The molecule has 0 aliphatic carbocycles. The lowest BCUT2D eigenvalue weighted by atomic mass is 10.1. The molecular weight excluding hydrogens is 373 g/mol. The van der Waals surface area contributed by atoms with E-state index in [2.05, 4.69) is 9.72 Å². The lowest BCUT2D eigenvalue weighted by molar-refractivity contribution is -0.274. The third-order valence-corrected chi connectivity index (χ3v) is 4.17. The number of carboxylic acid groups (broad SMARTS) is 1. The molecule has 1 aromatic carbocycles. The van der Waals surface area contributed by atoms with Crippen molar-refractivity contribution < 1.29 is 27.8 Å². The van der Waals surface area contributed by atoms with E-state index in [0.717, 1.165) is 0 Å². The van der Waals surface area contributed by atoms with E-state index in [1.165, 1.54) is 24.4 Å². The third-order valence-electron chi connectivity index (χ3n) is 3.86. The molecule has 9 heteroatoms. The highest BCUT2D eigenvalue weighted by Gasteiger charge is 2.32. The average Bonchev–Trinajstić information content (AvgIpc) is 2.85. The Morgan fingerprint density at radius 1 is 1.31 bits per heavy atom. The molecule has 1 N–H and O–H groups in total. The number of ether oxygens (including phenoxy) is 1. The number of halogens is 4. The van der Waals surface area contributed by atoms with E-state index in [1.54, 1.807) is 23.7 Å². The molecule has 2 aromatic heterocycles. The number of carbonyl (C=O) groups is 1. The molecule has 0 bridgehead atoms. The molecule has 0 saturated heterocycles. The number of alkyl halides is 3. The lowest BCUT2D eigenvalue weighted by Gasteiger charge is -2.12. The molecule has 0 aliphatic heterocycles. The van der Waals surface area contributed by atoms with Gasteiger partial charge in [-0.15, -0.1) is 13.2 Å². The van der Waals surface area contributed by atoms with Crippen molar-refractivity contribution in [3.8, 4) is 5.75 Å². The highest BCUT2D eigenvalue weighted by molar-refractivity contribution is 6.32. The van der Waals surface area contributed by atoms with Crippen LogP contribution in [0.3, 0.4) is 0 Å². The van der Waals surface area contributed by atoms with E-state index in [1.807, 2.05) is 0 Å². The summed E-state index contributed by atoms with van der Waals surface area (Å²) in [6.45, 7) is 0. The number of aromatic nitrogens is 2. The van der Waals surface area contributed by atoms with Gasteiger partial charge in [-0.25, -0.2) is 4.79 Å². The van der Waals surface area contributed by atoms with E-state index >= 15 is 0 Å². The minimum Gasteiger partial charge on any atom is -0.478 e. The summed E-state index contributed by atoms with van der Waals surface area (Å²) in [7, 11) is 1.68. The Labute approximate surface area is 150 Å². The van der Waals surface area contributed by atoms with Crippen molar-refractivity contribution in [2.45, 2.75) is 12.8 Å². The van der Waals surface area contributed by atoms with Gasteiger partial charge in [-0.3, -0.25) is 4.98 Å². The number of aromatic carboxylic acids is 1. The molecular formula is C17H12ClF3N2O3. The summed E-state index contributed by atoms with van der Waals surface area (Å²) in [5.41, 5.74) is 2.23. The maximum atomic E-state index is 12.5. The van der Waals surface area contributed by atoms with Gasteiger partial charge in [0.1, 0.15) is 5.75 Å². The molecule has 0 radical (unpaired) electrons. The second-order valence-electron chi connectivity index (χ2n) is 5.58. The van der Waals surface area contributed by atoms with Crippen LogP contribution in [0.2, 0.25) is 5.02 Å². The van der Waals surface area contributed by atoms with Gasteiger partial charge in [0, 0.05) is 25.4 Å². The normalized spacial score (nSPS) is 11.7. The monoisotopic (exact) mass is 384 g/mol. The van der Waals surface area contributed by atoms with Crippen LogP contribution in [0.25, 0.3) is 11.0 Å². The molecule has 0 unspecified atom stereocenters. The maximum absolute atomic E-state index is 12.5. The van der Waals surface area contributed by atoms with Crippen LogP contribution in [0.15, 0.2) is 36.5 Å². The second kappa shape index (κ2) is 6.53. The van der Waals surface area contributed by atoms with E-state index < -0.39 is 18.1 Å². The zero-order valence-corrected chi connectivity index (χ0v) is 14.1. The Kier molecular flexibility index (Phi) is 4.53. The van der Waals surface area contributed by atoms with Gasteiger partial charge in [-0.05, 0) is 29.8 Å². The minimum absolute atomic E-state index is 0.0981. The number of aryl methyl sites for hydroxylation is 1. The van der Waals surface area contributed by atoms with Crippen molar-refractivity contribution in [2.75, 3.05) is 0 Å². The fraction of sp³-hybridized carbons (Fsp3) is 0.176. The van der Waals surface area contributed by atoms with Crippen LogP contribution in [-0.4, -0.2) is 27.0 Å². The van der Waals surface area contributed by atoms with Gasteiger partial charge in [0.2, 0.25) is 0 Å². The Balaban J connectivity index is 2.00. The second-order valence-corrected chi connectivity index (χ2v) is 5.99. The van der Waals surface area contributed by atoms with Crippen LogP contribution < -0.4 is 4.74 Å². The summed E-state index contributed by atoms with van der Waals surface area (Å²) < 4.78 is 42.9. The van der Waals surface area contributed by atoms with Gasteiger partial charge in [-0.2, -0.15) is 0 Å². The number of pyridine rings is 1. The van der Waals surface area contributed by atoms with Crippen molar-refractivity contribution >= 4 is 28.6 Å². The van der Waals surface area contributed by atoms with Gasteiger partial charge in [0.05, 0.1) is 21.6 Å². The standard InChI is InChI=1S/C17H12ClF3N2O3/c1-23-10(8-13-15(23)11(16(24)25)4-5-22-13)6-9-2-3-12(18)14(7-9)26-17(19,20)21/h2-5,7-8H,6H2,1H3,(H,24,25).